The van der Waals surface area contributed by atoms with E-state index in [0.29, 0.717) is 0 Å². The van der Waals surface area contributed by atoms with Crippen molar-refractivity contribution in [2.45, 2.75) is 9.79 Å². The Kier molecular flexibility index (Phi) is 15.0. The molecule has 0 bridgehead atoms. The molecular weight excluding hydrogens is 372 g/mol. The van der Waals surface area contributed by atoms with E-state index in [2.05, 4.69) is 0 Å². The third-order valence-corrected chi connectivity index (χ3v) is 4.22. The molecule has 0 aliphatic heterocycles. The second-order valence-corrected chi connectivity index (χ2v) is 6.34. The first-order chi connectivity index (χ1) is 8.21. The van der Waals surface area contributed by atoms with Gasteiger partial charge in [-0.25, -0.2) is 0 Å². The third kappa shape index (κ3) is 7.03. The third-order valence-electron chi connectivity index (χ3n) is 2.40. The van der Waals surface area contributed by atoms with E-state index in [1.54, 1.807) is 0 Å². The second-order valence-electron chi connectivity index (χ2n) is 3.56. The summed E-state index contributed by atoms with van der Waals surface area (Å²) >= 11 is 0. The van der Waals surface area contributed by atoms with Crippen LogP contribution in [0, 0.1) is 0 Å². The summed E-state index contributed by atoms with van der Waals surface area (Å²) in [5.74, 6) is 0. The van der Waals surface area contributed by atoms with Crippen LogP contribution >= 0.6 is 0 Å². The molecule has 2 aromatic carbocycles. The van der Waals surface area contributed by atoms with Gasteiger partial charge >= 0.3 is 0 Å². The molecule has 0 aliphatic carbocycles. The zero-order valence-corrected chi connectivity index (χ0v) is 22.4. The first-order valence-corrected chi connectivity index (χ1v) is 7.56. The van der Waals surface area contributed by atoms with Gasteiger partial charge in [-0.05, 0) is 12.1 Å². The van der Waals surface area contributed by atoms with Crippen molar-refractivity contribution in [1.29, 1.82) is 0 Å². The Morgan fingerprint density at radius 3 is 1.09 bits per heavy atom. The average molecular weight is 380 g/mol. The number of rotatable bonds is 2. The van der Waals surface area contributed by atoms with E-state index < -0.39 is 30.0 Å². The van der Waals surface area contributed by atoms with Crippen LogP contribution in [-0.4, -0.2) is 144 Å². The SMILES string of the molecule is O=S(=O)(O)c1cccc2c(S(=O)(=O)O)cccc12.[Na].[Na].[Na].[Na]. The van der Waals surface area contributed by atoms with Crippen LogP contribution in [0.2, 0.25) is 0 Å². The Morgan fingerprint density at radius 1 is 0.591 bits per heavy atom. The molecule has 4 radical (unpaired) electrons. The molecule has 12 heteroatoms. The molecule has 0 heterocycles. The summed E-state index contributed by atoms with van der Waals surface area (Å²) in [4.78, 5) is -0.823. The summed E-state index contributed by atoms with van der Waals surface area (Å²) < 4.78 is 62.7. The summed E-state index contributed by atoms with van der Waals surface area (Å²) in [6.45, 7) is 0. The van der Waals surface area contributed by atoms with Crippen molar-refractivity contribution in [2.75, 3.05) is 0 Å². The molecule has 0 aliphatic rings. The quantitative estimate of drug-likeness (QED) is 0.552. The number of hydrogen-bond acceptors (Lipinski definition) is 4. The van der Waals surface area contributed by atoms with Crippen LogP contribution in [-0.2, 0) is 20.2 Å². The first kappa shape index (κ1) is 29.3. The molecule has 0 saturated heterocycles. The minimum Gasteiger partial charge on any atom is -0.282 e. The molecule has 2 aromatic rings. The number of hydrogen-bond donors (Lipinski definition) is 2. The molecule has 6 nitrogen and oxygen atoms in total. The number of fused-ring (bicyclic) bond motifs is 1. The summed E-state index contributed by atoms with van der Waals surface area (Å²) in [5.41, 5.74) is 0. The van der Waals surface area contributed by atoms with Crippen LogP contribution in [0.25, 0.3) is 10.8 Å². The van der Waals surface area contributed by atoms with E-state index in [-0.39, 0.29) is 129 Å². The van der Waals surface area contributed by atoms with Crippen LogP contribution in [0.3, 0.4) is 0 Å². The zero-order chi connectivity index (χ0) is 13.6. The van der Waals surface area contributed by atoms with E-state index >= 15 is 0 Å². The molecule has 0 atom stereocenters. The van der Waals surface area contributed by atoms with Gasteiger partial charge in [-0.15, -0.1) is 0 Å². The van der Waals surface area contributed by atoms with Gasteiger partial charge in [0.25, 0.3) is 20.2 Å². The van der Waals surface area contributed by atoms with Crippen molar-refractivity contribution < 1.29 is 25.9 Å². The fourth-order valence-corrected chi connectivity index (χ4v) is 3.12. The van der Waals surface area contributed by atoms with E-state index in [0.717, 1.165) is 12.1 Å². The molecule has 0 saturated carbocycles. The van der Waals surface area contributed by atoms with E-state index in [9.17, 15) is 16.8 Å². The maximum atomic E-state index is 11.2. The predicted molar refractivity (Wildman–Crippen MR) is 86.6 cm³/mol. The van der Waals surface area contributed by atoms with Crippen LogP contribution in [0.5, 0.6) is 0 Å². The monoisotopic (exact) mass is 380 g/mol. The van der Waals surface area contributed by atoms with Crippen molar-refractivity contribution >= 4 is 149 Å². The zero-order valence-electron chi connectivity index (χ0n) is 12.8. The van der Waals surface area contributed by atoms with E-state index in [1.165, 1.54) is 24.3 Å². The molecule has 0 amide bonds. The van der Waals surface area contributed by atoms with Gasteiger partial charge in [-0.3, -0.25) is 9.11 Å². The maximum absolute atomic E-state index is 11.2. The minimum absolute atomic E-state index is 0. The van der Waals surface area contributed by atoms with Crippen LogP contribution in [0.1, 0.15) is 0 Å². The molecular formula is C10H8Na4O6S2. The summed E-state index contributed by atoms with van der Waals surface area (Å²) in [6, 6.07) is 7.53. The second kappa shape index (κ2) is 11.3. The topological polar surface area (TPSA) is 109 Å². The summed E-state index contributed by atoms with van der Waals surface area (Å²) in [6.07, 6.45) is 0. The van der Waals surface area contributed by atoms with Crippen LogP contribution in [0.15, 0.2) is 46.2 Å². The van der Waals surface area contributed by atoms with Crippen LogP contribution < -0.4 is 0 Å². The molecule has 2 N–H and O–H groups in total. The Morgan fingerprint density at radius 2 is 0.864 bits per heavy atom. The van der Waals surface area contributed by atoms with Gasteiger partial charge in [0.15, 0.2) is 0 Å². The van der Waals surface area contributed by atoms with E-state index in [1.807, 2.05) is 0 Å². The van der Waals surface area contributed by atoms with Crippen molar-refractivity contribution in [3.63, 3.8) is 0 Å². The molecule has 2 rings (SSSR count). The molecule has 0 aromatic heterocycles. The normalized spacial score (nSPS) is 10.5. The predicted octanol–water partition coefficient (Wildman–Crippen LogP) is -0.190. The molecule has 22 heavy (non-hydrogen) atoms. The van der Waals surface area contributed by atoms with Crippen molar-refractivity contribution in [1.82, 2.24) is 0 Å². The van der Waals surface area contributed by atoms with Crippen molar-refractivity contribution in [3.05, 3.63) is 36.4 Å². The van der Waals surface area contributed by atoms with Gasteiger partial charge in [-0.2, -0.15) is 16.8 Å². The van der Waals surface area contributed by atoms with E-state index in [4.69, 9.17) is 9.11 Å². The molecule has 0 spiro atoms. The summed E-state index contributed by atoms with van der Waals surface area (Å²) in [7, 11) is -8.94. The van der Waals surface area contributed by atoms with Crippen LogP contribution in [0.4, 0.5) is 0 Å². The van der Waals surface area contributed by atoms with Gasteiger partial charge in [0.05, 0.1) is 0 Å². The largest absolute Gasteiger partial charge is 0.295 e. The van der Waals surface area contributed by atoms with Gasteiger partial charge in [0.2, 0.25) is 0 Å². The van der Waals surface area contributed by atoms with Gasteiger partial charge < -0.3 is 0 Å². The summed E-state index contributed by atoms with van der Waals surface area (Å²) in [5, 5.41) is 0.0465. The van der Waals surface area contributed by atoms with Crippen molar-refractivity contribution in [2.24, 2.45) is 0 Å². The Balaban J connectivity index is -0.000000902. The first-order valence-electron chi connectivity index (χ1n) is 4.68. The average Bonchev–Trinajstić information content (AvgIpc) is 2.24. The molecule has 0 fully saturated rings. The smallest absolute Gasteiger partial charge is 0.282 e. The molecule has 0 unspecified atom stereocenters. The van der Waals surface area contributed by atoms with Gasteiger partial charge in [0, 0.05) is 129 Å². The number of benzene rings is 2. The Bertz CT molecular complexity index is 764. The van der Waals surface area contributed by atoms with Gasteiger partial charge in [-0.1, -0.05) is 24.3 Å². The van der Waals surface area contributed by atoms with Crippen molar-refractivity contribution in [3.8, 4) is 0 Å². The standard InChI is InChI=1S/C10H8O6S2.4Na/c11-17(12,13)9-5-1-3-7-8(9)4-2-6-10(7)18(14,15)16;;;;/h1-6H,(H,11,12,13)(H,14,15,16);;;;. The minimum atomic E-state index is -4.47. The maximum Gasteiger partial charge on any atom is 0.295 e. The molecule has 100 valence electrons. The fourth-order valence-electron chi connectivity index (χ4n) is 1.70. The Hall–Kier alpha value is 2.52. The Labute approximate surface area is 217 Å². The fraction of sp³-hybridized carbons (Fsp3) is 0. The van der Waals surface area contributed by atoms with Gasteiger partial charge in [0.1, 0.15) is 9.79 Å².